The Labute approximate surface area is 111 Å². The number of methoxy groups -OCH3 is 1. The maximum absolute atomic E-state index is 11.6. The lowest BCUT2D eigenvalue weighted by Gasteiger charge is -2.20. The molecule has 0 fully saturated rings. The van der Waals surface area contributed by atoms with E-state index in [2.05, 4.69) is 5.32 Å². The second-order valence-electron chi connectivity index (χ2n) is 4.65. The molecule has 0 saturated carbocycles. The molecule has 1 rings (SSSR count). The zero-order chi connectivity index (χ0) is 14.6. The molecule has 0 aliphatic carbocycles. The third-order valence-electron chi connectivity index (χ3n) is 2.85. The molecule has 1 N–H and O–H groups in total. The normalized spacial score (nSPS) is 12.1. The number of benzene rings is 1. The molecule has 0 bridgehead atoms. The number of nitro groups is 1. The van der Waals surface area contributed by atoms with Crippen molar-refractivity contribution in [2.75, 3.05) is 12.4 Å². The van der Waals surface area contributed by atoms with Crippen molar-refractivity contribution in [3.63, 3.8) is 0 Å². The van der Waals surface area contributed by atoms with Gasteiger partial charge in [0.1, 0.15) is 6.04 Å². The standard InChI is InChI=1S/C13H18N2O4/c1-8(2)12(13(16)19-4)14-10-6-5-9(3)11(7-10)15(17)18/h5-8,12,14H,1-4H3. The number of carbonyl (C=O) groups excluding carboxylic acids is 1. The van der Waals surface area contributed by atoms with Gasteiger partial charge in [0.15, 0.2) is 0 Å². The Bertz CT molecular complexity index is 486. The monoisotopic (exact) mass is 266 g/mol. The van der Waals surface area contributed by atoms with Crippen LogP contribution in [0.3, 0.4) is 0 Å². The average molecular weight is 266 g/mol. The molecule has 6 nitrogen and oxygen atoms in total. The molecule has 0 spiro atoms. The summed E-state index contributed by atoms with van der Waals surface area (Å²) in [7, 11) is 1.32. The second-order valence-corrected chi connectivity index (χ2v) is 4.65. The van der Waals surface area contributed by atoms with Crippen LogP contribution in [0.4, 0.5) is 11.4 Å². The van der Waals surface area contributed by atoms with Crippen LogP contribution < -0.4 is 5.32 Å². The van der Waals surface area contributed by atoms with Crippen LogP contribution in [-0.2, 0) is 9.53 Å². The molecule has 0 saturated heterocycles. The van der Waals surface area contributed by atoms with Crippen LogP contribution in [0.1, 0.15) is 19.4 Å². The van der Waals surface area contributed by atoms with Crippen molar-refractivity contribution in [1.82, 2.24) is 0 Å². The number of ether oxygens (including phenoxy) is 1. The SMILES string of the molecule is COC(=O)C(Nc1ccc(C)c([N+](=O)[O-])c1)C(C)C. The molecular weight excluding hydrogens is 248 g/mol. The number of nitrogens with zero attached hydrogens (tertiary/aromatic N) is 1. The smallest absolute Gasteiger partial charge is 0.328 e. The number of anilines is 1. The minimum atomic E-state index is -0.535. The lowest BCUT2D eigenvalue weighted by Crippen LogP contribution is -2.35. The van der Waals surface area contributed by atoms with Crippen LogP contribution in [0, 0.1) is 23.0 Å². The van der Waals surface area contributed by atoms with E-state index in [-0.39, 0.29) is 11.6 Å². The van der Waals surface area contributed by atoms with Crippen molar-refractivity contribution < 1.29 is 14.5 Å². The maximum atomic E-state index is 11.6. The first-order valence-corrected chi connectivity index (χ1v) is 5.96. The molecule has 1 atom stereocenters. The highest BCUT2D eigenvalue weighted by molar-refractivity contribution is 5.79. The van der Waals surface area contributed by atoms with Crippen molar-refractivity contribution in [1.29, 1.82) is 0 Å². The molecule has 0 aliphatic heterocycles. The fourth-order valence-electron chi connectivity index (χ4n) is 1.70. The van der Waals surface area contributed by atoms with E-state index in [0.717, 1.165) is 0 Å². The zero-order valence-electron chi connectivity index (χ0n) is 11.5. The highest BCUT2D eigenvalue weighted by Gasteiger charge is 2.23. The molecule has 1 aromatic carbocycles. The third-order valence-corrected chi connectivity index (χ3v) is 2.85. The molecule has 0 aromatic heterocycles. The zero-order valence-corrected chi connectivity index (χ0v) is 11.5. The Kier molecular flexibility index (Phi) is 4.86. The topological polar surface area (TPSA) is 81.5 Å². The fourth-order valence-corrected chi connectivity index (χ4v) is 1.70. The van der Waals surface area contributed by atoms with Crippen LogP contribution >= 0.6 is 0 Å². The highest BCUT2D eigenvalue weighted by atomic mass is 16.6. The molecule has 1 unspecified atom stereocenters. The van der Waals surface area contributed by atoms with Gasteiger partial charge in [-0.2, -0.15) is 0 Å². The van der Waals surface area contributed by atoms with Gasteiger partial charge in [0.2, 0.25) is 0 Å². The summed E-state index contributed by atoms with van der Waals surface area (Å²) in [6.07, 6.45) is 0. The number of carbonyl (C=O) groups is 1. The van der Waals surface area contributed by atoms with Crippen LogP contribution in [0.2, 0.25) is 0 Å². The predicted molar refractivity (Wildman–Crippen MR) is 72.1 cm³/mol. The summed E-state index contributed by atoms with van der Waals surface area (Å²) >= 11 is 0. The summed E-state index contributed by atoms with van der Waals surface area (Å²) in [5.41, 5.74) is 1.13. The van der Waals surface area contributed by atoms with E-state index in [0.29, 0.717) is 11.3 Å². The Morgan fingerprint density at radius 3 is 2.53 bits per heavy atom. The van der Waals surface area contributed by atoms with E-state index < -0.39 is 16.9 Å². The number of nitrogens with one attached hydrogen (secondary N) is 1. The fraction of sp³-hybridized carbons (Fsp3) is 0.462. The predicted octanol–water partition coefficient (Wildman–Crippen LogP) is 2.51. The van der Waals surface area contributed by atoms with Gasteiger partial charge >= 0.3 is 5.97 Å². The van der Waals surface area contributed by atoms with Crippen LogP contribution in [0.15, 0.2) is 18.2 Å². The number of hydrogen-bond donors (Lipinski definition) is 1. The van der Waals surface area contributed by atoms with Crippen LogP contribution in [-0.4, -0.2) is 24.0 Å². The van der Waals surface area contributed by atoms with Crippen molar-refractivity contribution in [2.45, 2.75) is 26.8 Å². The lowest BCUT2D eigenvalue weighted by molar-refractivity contribution is -0.385. The molecule has 104 valence electrons. The Hall–Kier alpha value is -2.11. The van der Waals surface area contributed by atoms with E-state index in [4.69, 9.17) is 4.74 Å². The van der Waals surface area contributed by atoms with Crippen molar-refractivity contribution in [3.05, 3.63) is 33.9 Å². The molecule has 0 aliphatic rings. The number of hydrogen-bond acceptors (Lipinski definition) is 5. The van der Waals surface area contributed by atoms with Gasteiger partial charge in [-0.25, -0.2) is 4.79 Å². The number of aryl methyl sites for hydroxylation is 1. The van der Waals surface area contributed by atoms with E-state index >= 15 is 0 Å². The Morgan fingerprint density at radius 1 is 1.42 bits per heavy atom. The third kappa shape index (κ3) is 3.67. The number of nitro benzene ring substituents is 1. The van der Waals surface area contributed by atoms with E-state index in [1.54, 1.807) is 19.1 Å². The van der Waals surface area contributed by atoms with Gasteiger partial charge in [0, 0.05) is 17.3 Å². The second kappa shape index (κ2) is 6.17. The molecule has 0 radical (unpaired) electrons. The first kappa shape index (κ1) is 14.9. The van der Waals surface area contributed by atoms with Gasteiger partial charge in [0.25, 0.3) is 5.69 Å². The Morgan fingerprint density at radius 2 is 2.05 bits per heavy atom. The first-order chi connectivity index (χ1) is 8.86. The number of rotatable bonds is 5. The summed E-state index contributed by atoms with van der Waals surface area (Å²) in [6.45, 7) is 5.41. The molecule has 0 heterocycles. The minimum Gasteiger partial charge on any atom is -0.467 e. The van der Waals surface area contributed by atoms with E-state index in [9.17, 15) is 14.9 Å². The van der Waals surface area contributed by atoms with Gasteiger partial charge in [-0.15, -0.1) is 0 Å². The van der Waals surface area contributed by atoms with Crippen molar-refractivity contribution in [3.8, 4) is 0 Å². The Balaban J connectivity index is 3.00. The van der Waals surface area contributed by atoms with Crippen molar-refractivity contribution in [2.24, 2.45) is 5.92 Å². The molecule has 0 amide bonds. The summed E-state index contributed by atoms with van der Waals surface area (Å²) < 4.78 is 4.71. The van der Waals surface area contributed by atoms with Gasteiger partial charge < -0.3 is 10.1 Å². The van der Waals surface area contributed by atoms with Gasteiger partial charge in [-0.3, -0.25) is 10.1 Å². The van der Waals surface area contributed by atoms with Gasteiger partial charge in [-0.05, 0) is 18.9 Å². The van der Waals surface area contributed by atoms with Crippen LogP contribution in [0.5, 0.6) is 0 Å². The summed E-state index contributed by atoms with van der Waals surface area (Å²) in [5.74, 6) is -0.383. The first-order valence-electron chi connectivity index (χ1n) is 5.96. The van der Waals surface area contributed by atoms with Gasteiger partial charge in [-0.1, -0.05) is 19.9 Å². The molecular formula is C13H18N2O4. The average Bonchev–Trinajstić information content (AvgIpc) is 2.36. The number of esters is 1. The minimum absolute atomic E-state index is 0.00723. The summed E-state index contributed by atoms with van der Waals surface area (Å²) in [6, 6.07) is 4.25. The van der Waals surface area contributed by atoms with Crippen molar-refractivity contribution >= 4 is 17.3 Å². The molecule has 6 heteroatoms. The lowest BCUT2D eigenvalue weighted by atomic mass is 10.0. The maximum Gasteiger partial charge on any atom is 0.328 e. The van der Waals surface area contributed by atoms with E-state index in [1.807, 2.05) is 13.8 Å². The highest BCUT2D eigenvalue weighted by Crippen LogP contribution is 2.23. The molecule has 19 heavy (non-hydrogen) atoms. The largest absolute Gasteiger partial charge is 0.467 e. The molecule has 1 aromatic rings. The van der Waals surface area contributed by atoms with E-state index in [1.165, 1.54) is 13.2 Å². The summed E-state index contributed by atoms with van der Waals surface area (Å²) in [5, 5.41) is 13.8. The summed E-state index contributed by atoms with van der Waals surface area (Å²) in [4.78, 5) is 22.1. The quantitative estimate of drug-likeness (QED) is 0.503. The van der Waals surface area contributed by atoms with Gasteiger partial charge in [0.05, 0.1) is 12.0 Å². The van der Waals surface area contributed by atoms with Crippen LogP contribution in [0.25, 0.3) is 0 Å².